The SMILES string of the molecule is Cc1cc(-c2cc3c(cc2OCC2CC2)CCN3[S@@](C)=O)cn(C)c1=O. The maximum Gasteiger partial charge on any atom is 0.253 e. The molecule has 138 valence electrons. The highest BCUT2D eigenvalue weighted by molar-refractivity contribution is 7.85. The molecule has 1 fully saturated rings. The summed E-state index contributed by atoms with van der Waals surface area (Å²) in [7, 11) is 0.718. The Bertz CT molecular complexity index is 921. The monoisotopic (exact) mass is 372 g/mol. The van der Waals surface area contributed by atoms with Crippen molar-refractivity contribution in [1.29, 1.82) is 0 Å². The van der Waals surface area contributed by atoms with Crippen molar-refractivity contribution < 1.29 is 8.95 Å². The van der Waals surface area contributed by atoms with Gasteiger partial charge in [0.05, 0.1) is 12.3 Å². The van der Waals surface area contributed by atoms with Crippen LogP contribution in [0.2, 0.25) is 0 Å². The lowest BCUT2D eigenvalue weighted by Gasteiger charge is -2.19. The molecule has 0 N–H and O–H groups in total. The van der Waals surface area contributed by atoms with Crippen molar-refractivity contribution in [2.24, 2.45) is 13.0 Å². The molecular formula is C20H24N2O3S. The molecule has 6 heteroatoms. The van der Waals surface area contributed by atoms with Gasteiger partial charge in [0.15, 0.2) is 0 Å². The largest absolute Gasteiger partial charge is 0.493 e. The van der Waals surface area contributed by atoms with Crippen molar-refractivity contribution in [2.45, 2.75) is 26.2 Å². The molecule has 1 aromatic carbocycles. The van der Waals surface area contributed by atoms with Crippen LogP contribution in [-0.2, 0) is 24.5 Å². The molecule has 2 heterocycles. The molecule has 0 amide bonds. The Balaban J connectivity index is 1.83. The summed E-state index contributed by atoms with van der Waals surface area (Å²) in [6.45, 7) is 3.33. The fourth-order valence-corrected chi connectivity index (χ4v) is 4.31. The van der Waals surface area contributed by atoms with Gasteiger partial charge in [0.2, 0.25) is 0 Å². The van der Waals surface area contributed by atoms with Crippen molar-refractivity contribution in [3.63, 3.8) is 0 Å². The normalized spacial score (nSPS) is 17.3. The lowest BCUT2D eigenvalue weighted by atomic mass is 10.0. The van der Waals surface area contributed by atoms with E-state index in [4.69, 9.17) is 4.74 Å². The average Bonchev–Trinajstić information content (AvgIpc) is 3.34. The summed E-state index contributed by atoms with van der Waals surface area (Å²) in [6.07, 6.45) is 6.91. The van der Waals surface area contributed by atoms with Crippen molar-refractivity contribution >= 4 is 16.7 Å². The maximum absolute atomic E-state index is 12.1. The number of aromatic nitrogens is 1. The minimum absolute atomic E-state index is 0.00615. The fraction of sp³-hybridized carbons (Fsp3) is 0.450. The zero-order chi connectivity index (χ0) is 18.4. The van der Waals surface area contributed by atoms with Crippen LogP contribution >= 0.6 is 0 Å². The van der Waals surface area contributed by atoms with Crippen molar-refractivity contribution in [3.05, 3.63) is 45.9 Å². The first-order valence-electron chi connectivity index (χ1n) is 9.02. The Morgan fingerprint density at radius 2 is 2.04 bits per heavy atom. The van der Waals surface area contributed by atoms with Crippen LogP contribution in [0.15, 0.2) is 29.2 Å². The van der Waals surface area contributed by atoms with Crippen LogP contribution in [-0.4, -0.2) is 28.2 Å². The molecule has 0 spiro atoms. The third-order valence-corrected chi connectivity index (χ3v) is 6.19. The topological polar surface area (TPSA) is 51.5 Å². The Morgan fingerprint density at radius 3 is 2.69 bits per heavy atom. The van der Waals surface area contributed by atoms with Gasteiger partial charge in [-0.05, 0) is 55.9 Å². The molecule has 1 aliphatic carbocycles. The molecule has 4 rings (SSSR count). The third kappa shape index (κ3) is 3.18. The van der Waals surface area contributed by atoms with E-state index >= 15 is 0 Å². The molecule has 1 aromatic heterocycles. The van der Waals surface area contributed by atoms with Gasteiger partial charge in [-0.2, -0.15) is 0 Å². The standard InChI is InChI=1S/C20H24N2O3S/c1-13-8-16(11-21(2)20(13)23)17-10-18-15(6-7-22(18)26(3)24)9-19(17)25-12-14-4-5-14/h8-11,14H,4-7,12H2,1-3H3/t26-/m1/s1. The van der Waals surface area contributed by atoms with Gasteiger partial charge in [-0.1, -0.05) is 0 Å². The molecule has 0 saturated heterocycles. The van der Waals surface area contributed by atoms with E-state index in [1.165, 1.54) is 18.4 Å². The Kier molecular flexibility index (Phi) is 4.39. The van der Waals surface area contributed by atoms with Gasteiger partial charge < -0.3 is 9.30 Å². The number of ether oxygens (including phenoxy) is 1. The molecule has 1 atom stereocenters. The number of hydrogen-bond acceptors (Lipinski definition) is 3. The fourth-order valence-electron chi connectivity index (χ4n) is 3.51. The van der Waals surface area contributed by atoms with E-state index in [1.807, 2.05) is 23.5 Å². The summed E-state index contributed by atoms with van der Waals surface area (Å²) in [6, 6.07) is 6.09. The van der Waals surface area contributed by atoms with Gasteiger partial charge in [0.1, 0.15) is 16.7 Å². The lowest BCUT2D eigenvalue weighted by molar-refractivity contribution is 0.301. The van der Waals surface area contributed by atoms with Gasteiger partial charge in [-0.25, -0.2) is 4.21 Å². The average molecular weight is 372 g/mol. The second-order valence-electron chi connectivity index (χ2n) is 7.34. The van der Waals surface area contributed by atoms with Crippen molar-refractivity contribution in [3.8, 4) is 16.9 Å². The van der Waals surface area contributed by atoms with Gasteiger partial charge >= 0.3 is 0 Å². The predicted molar refractivity (Wildman–Crippen MR) is 105 cm³/mol. The minimum Gasteiger partial charge on any atom is -0.493 e. The highest BCUT2D eigenvalue weighted by Gasteiger charge is 2.26. The van der Waals surface area contributed by atoms with E-state index in [0.29, 0.717) is 11.5 Å². The number of rotatable bonds is 5. The summed E-state index contributed by atoms with van der Waals surface area (Å²) < 4.78 is 21.8. The van der Waals surface area contributed by atoms with Crippen molar-refractivity contribution in [2.75, 3.05) is 23.7 Å². The Labute approximate surface area is 156 Å². The van der Waals surface area contributed by atoms with E-state index < -0.39 is 11.0 Å². The molecule has 0 bridgehead atoms. The zero-order valence-electron chi connectivity index (χ0n) is 15.4. The van der Waals surface area contributed by atoms with Gasteiger partial charge in [-0.15, -0.1) is 0 Å². The van der Waals surface area contributed by atoms with Gasteiger partial charge in [0, 0.05) is 42.7 Å². The number of anilines is 1. The maximum atomic E-state index is 12.1. The summed E-state index contributed by atoms with van der Waals surface area (Å²) in [5, 5.41) is 0. The molecule has 26 heavy (non-hydrogen) atoms. The Morgan fingerprint density at radius 1 is 1.27 bits per heavy atom. The first kappa shape index (κ1) is 17.3. The zero-order valence-corrected chi connectivity index (χ0v) is 16.3. The highest BCUT2D eigenvalue weighted by Crippen LogP contribution is 2.41. The van der Waals surface area contributed by atoms with Gasteiger partial charge in [-0.3, -0.25) is 9.10 Å². The van der Waals surface area contributed by atoms with Crippen LogP contribution < -0.4 is 14.6 Å². The quantitative estimate of drug-likeness (QED) is 0.811. The second kappa shape index (κ2) is 6.58. The van der Waals surface area contributed by atoms with Crippen LogP contribution in [0.5, 0.6) is 5.75 Å². The van der Waals surface area contributed by atoms with E-state index in [0.717, 1.165) is 42.1 Å². The number of hydrogen-bond donors (Lipinski definition) is 0. The number of nitrogens with zero attached hydrogens (tertiary/aromatic N) is 2. The molecule has 1 saturated carbocycles. The molecule has 0 radical (unpaired) electrons. The van der Waals surface area contributed by atoms with Crippen LogP contribution in [0.25, 0.3) is 11.1 Å². The summed E-state index contributed by atoms with van der Waals surface area (Å²) in [5.41, 5.74) is 4.80. The van der Waals surface area contributed by atoms with Crippen LogP contribution in [0, 0.1) is 12.8 Å². The van der Waals surface area contributed by atoms with Crippen LogP contribution in [0.3, 0.4) is 0 Å². The molecular weight excluding hydrogens is 348 g/mol. The summed E-state index contributed by atoms with van der Waals surface area (Å²) >= 11 is 0. The number of aryl methyl sites for hydroxylation is 2. The highest BCUT2D eigenvalue weighted by atomic mass is 32.2. The number of fused-ring (bicyclic) bond motifs is 1. The number of benzene rings is 1. The first-order valence-corrected chi connectivity index (χ1v) is 10.5. The van der Waals surface area contributed by atoms with Crippen LogP contribution in [0.1, 0.15) is 24.0 Å². The summed E-state index contributed by atoms with van der Waals surface area (Å²) in [4.78, 5) is 12.1. The molecule has 1 aliphatic heterocycles. The van der Waals surface area contributed by atoms with E-state index in [-0.39, 0.29) is 5.56 Å². The van der Waals surface area contributed by atoms with E-state index in [9.17, 15) is 9.00 Å². The lowest BCUT2D eigenvalue weighted by Crippen LogP contribution is -2.22. The molecule has 0 unspecified atom stereocenters. The first-order chi connectivity index (χ1) is 12.4. The second-order valence-corrected chi connectivity index (χ2v) is 8.62. The minimum atomic E-state index is -1.05. The van der Waals surface area contributed by atoms with E-state index in [2.05, 4.69) is 12.1 Å². The number of pyridine rings is 1. The third-order valence-electron chi connectivity index (χ3n) is 5.19. The Hall–Kier alpha value is -2.08. The molecule has 5 nitrogen and oxygen atoms in total. The summed E-state index contributed by atoms with van der Waals surface area (Å²) in [5.74, 6) is 1.52. The molecule has 2 aromatic rings. The smallest absolute Gasteiger partial charge is 0.253 e. The van der Waals surface area contributed by atoms with Crippen molar-refractivity contribution in [1.82, 2.24) is 4.57 Å². The van der Waals surface area contributed by atoms with Crippen LogP contribution in [0.4, 0.5) is 5.69 Å². The van der Waals surface area contributed by atoms with Gasteiger partial charge in [0.25, 0.3) is 5.56 Å². The predicted octanol–water partition coefficient (Wildman–Crippen LogP) is 2.81. The van der Waals surface area contributed by atoms with E-state index in [1.54, 1.807) is 17.9 Å². The molecule has 2 aliphatic rings.